The van der Waals surface area contributed by atoms with E-state index in [-0.39, 0.29) is 18.0 Å². The van der Waals surface area contributed by atoms with E-state index in [9.17, 15) is 4.79 Å². The summed E-state index contributed by atoms with van der Waals surface area (Å²) in [5.41, 5.74) is 1.78. The van der Waals surface area contributed by atoms with Crippen LogP contribution in [-0.2, 0) is 4.79 Å². The van der Waals surface area contributed by atoms with Gasteiger partial charge in [0.15, 0.2) is 5.82 Å². The maximum Gasteiger partial charge on any atom is 0.247 e. The first-order chi connectivity index (χ1) is 13.6. The van der Waals surface area contributed by atoms with Gasteiger partial charge in [-0.1, -0.05) is 24.8 Å². The standard InChI is InChI=1S/C21H28N6O/c1-4-6-8-15(3)22-20(21-24-25-26-27(21)18-9-7-10-18)16-11-13-17(14-12-16)23-19(28)5-2/h4-5,11-15,18,20,22H,1-2,6-10H2,3H3,(H,23,28). The van der Waals surface area contributed by atoms with Crippen LogP contribution in [0.25, 0.3) is 0 Å². The molecule has 3 rings (SSSR count). The summed E-state index contributed by atoms with van der Waals surface area (Å²) >= 11 is 0. The Morgan fingerprint density at radius 3 is 2.68 bits per heavy atom. The first-order valence-electron chi connectivity index (χ1n) is 9.80. The number of nitrogens with zero attached hydrogens (tertiary/aromatic N) is 4. The van der Waals surface area contributed by atoms with Crippen molar-refractivity contribution >= 4 is 11.6 Å². The van der Waals surface area contributed by atoms with E-state index < -0.39 is 0 Å². The number of benzene rings is 1. The van der Waals surface area contributed by atoms with Crippen LogP contribution in [0.3, 0.4) is 0 Å². The molecule has 1 aromatic heterocycles. The summed E-state index contributed by atoms with van der Waals surface area (Å²) in [5, 5.41) is 19.0. The topological polar surface area (TPSA) is 84.7 Å². The zero-order valence-electron chi connectivity index (χ0n) is 16.3. The first-order valence-corrected chi connectivity index (χ1v) is 9.80. The van der Waals surface area contributed by atoms with Gasteiger partial charge >= 0.3 is 0 Å². The minimum atomic E-state index is -0.227. The Hall–Kier alpha value is -2.80. The van der Waals surface area contributed by atoms with Crippen LogP contribution in [0.2, 0.25) is 0 Å². The molecule has 148 valence electrons. The Labute approximate surface area is 165 Å². The molecule has 7 nitrogen and oxygen atoms in total. The highest BCUT2D eigenvalue weighted by Crippen LogP contribution is 2.33. The predicted molar refractivity (Wildman–Crippen MR) is 110 cm³/mol. The molecule has 1 fully saturated rings. The Kier molecular flexibility index (Phi) is 6.71. The van der Waals surface area contributed by atoms with E-state index in [1.165, 1.54) is 12.5 Å². The average Bonchev–Trinajstić information content (AvgIpc) is 3.12. The van der Waals surface area contributed by atoms with E-state index in [0.29, 0.717) is 6.04 Å². The number of allylic oxidation sites excluding steroid dienone is 1. The quantitative estimate of drug-likeness (QED) is 0.486. The Morgan fingerprint density at radius 1 is 1.32 bits per heavy atom. The number of amides is 1. The zero-order chi connectivity index (χ0) is 19.9. The van der Waals surface area contributed by atoms with Gasteiger partial charge in [-0.3, -0.25) is 4.79 Å². The second kappa shape index (κ2) is 9.41. The fraction of sp³-hybridized carbons (Fsp3) is 0.429. The molecule has 7 heteroatoms. The van der Waals surface area contributed by atoms with Crippen molar-refractivity contribution < 1.29 is 4.79 Å². The van der Waals surface area contributed by atoms with Crippen LogP contribution >= 0.6 is 0 Å². The number of aromatic nitrogens is 4. The number of hydrogen-bond acceptors (Lipinski definition) is 5. The van der Waals surface area contributed by atoms with Crippen molar-refractivity contribution in [2.24, 2.45) is 0 Å². The third kappa shape index (κ3) is 4.72. The van der Waals surface area contributed by atoms with Gasteiger partial charge in [-0.2, -0.15) is 0 Å². The smallest absolute Gasteiger partial charge is 0.247 e. The summed E-state index contributed by atoms with van der Waals surface area (Å²) < 4.78 is 1.97. The maximum atomic E-state index is 11.5. The monoisotopic (exact) mass is 380 g/mol. The van der Waals surface area contributed by atoms with E-state index in [1.54, 1.807) is 0 Å². The van der Waals surface area contributed by atoms with E-state index >= 15 is 0 Å². The van der Waals surface area contributed by atoms with Gasteiger partial charge < -0.3 is 10.6 Å². The Balaban J connectivity index is 1.85. The van der Waals surface area contributed by atoms with Crippen LogP contribution in [0, 0.1) is 0 Å². The molecule has 1 saturated carbocycles. The SMILES string of the molecule is C=CCCC(C)NC(c1ccc(NC(=O)C=C)cc1)c1nnnn1C1CCC1. The number of nitrogens with one attached hydrogen (secondary N) is 2. The summed E-state index contributed by atoms with van der Waals surface area (Å²) in [5.74, 6) is 0.604. The molecule has 1 amide bonds. The van der Waals surface area contributed by atoms with E-state index in [1.807, 2.05) is 35.0 Å². The summed E-state index contributed by atoms with van der Waals surface area (Å²) in [6.45, 7) is 9.45. The highest BCUT2D eigenvalue weighted by molar-refractivity contribution is 5.98. The fourth-order valence-corrected chi connectivity index (χ4v) is 3.29. The number of carbonyl (C=O) groups is 1. The van der Waals surface area contributed by atoms with Crippen molar-refractivity contribution in [1.82, 2.24) is 25.5 Å². The molecule has 2 aromatic rings. The number of tetrazole rings is 1. The van der Waals surface area contributed by atoms with Gasteiger partial charge in [0.05, 0.1) is 12.1 Å². The molecule has 2 atom stereocenters. The van der Waals surface area contributed by atoms with Crippen LogP contribution < -0.4 is 10.6 Å². The minimum Gasteiger partial charge on any atom is -0.323 e. The third-order valence-electron chi connectivity index (χ3n) is 5.15. The fourth-order valence-electron chi connectivity index (χ4n) is 3.29. The van der Waals surface area contributed by atoms with Crippen LogP contribution in [0.15, 0.2) is 49.6 Å². The Morgan fingerprint density at radius 2 is 2.07 bits per heavy atom. The van der Waals surface area contributed by atoms with E-state index in [0.717, 1.165) is 42.8 Å². The molecule has 2 N–H and O–H groups in total. The van der Waals surface area contributed by atoms with Crippen molar-refractivity contribution in [2.45, 2.75) is 57.2 Å². The molecule has 0 saturated heterocycles. The largest absolute Gasteiger partial charge is 0.323 e. The number of hydrogen-bond donors (Lipinski definition) is 2. The third-order valence-corrected chi connectivity index (χ3v) is 5.15. The summed E-state index contributed by atoms with van der Waals surface area (Å²) in [6.07, 6.45) is 8.57. The van der Waals surface area contributed by atoms with Gasteiger partial charge in [0, 0.05) is 11.7 Å². The molecule has 1 aromatic carbocycles. The highest BCUT2D eigenvalue weighted by atomic mass is 16.1. The molecule has 1 aliphatic carbocycles. The number of carbonyl (C=O) groups excluding carboxylic acids is 1. The van der Waals surface area contributed by atoms with Gasteiger partial charge in [0.1, 0.15) is 0 Å². The summed E-state index contributed by atoms with van der Waals surface area (Å²) in [7, 11) is 0. The molecule has 0 bridgehead atoms. The predicted octanol–water partition coefficient (Wildman–Crippen LogP) is 3.56. The molecule has 2 unspecified atom stereocenters. The van der Waals surface area contributed by atoms with Crippen LogP contribution in [0.5, 0.6) is 0 Å². The van der Waals surface area contributed by atoms with Crippen LogP contribution in [0.1, 0.15) is 62.5 Å². The van der Waals surface area contributed by atoms with Crippen molar-refractivity contribution in [3.05, 3.63) is 61.0 Å². The molecular weight excluding hydrogens is 352 g/mol. The Bertz CT molecular complexity index is 809. The van der Waals surface area contributed by atoms with Crippen molar-refractivity contribution in [2.75, 3.05) is 5.32 Å². The van der Waals surface area contributed by atoms with Gasteiger partial charge in [0.25, 0.3) is 0 Å². The van der Waals surface area contributed by atoms with E-state index in [4.69, 9.17) is 0 Å². The maximum absolute atomic E-state index is 11.5. The molecule has 28 heavy (non-hydrogen) atoms. The highest BCUT2D eigenvalue weighted by Gasteiger charge is 2.29. The van der Waals surface area contributed by atoms with Gasteiger partial charge in [-0.25, -0.2) is 4.68 Å². The van der Waals surface area contributed by atoms with Crippen molar-refractivity contribution in [1.29, 1.82) is 0 Å². The molecular formula is C21H28N6O. The van der Waals surface area contributed by atoms with E-state index in [2.05, 4.69) is 46.2 Å². The normalized spacial score (nSPS) is 16.0. The molecule has 0 aliphatic heterocycles. The van der Waals surface area contributed by atoms with Gasteiger partial charge in [0.2, 0.25) is 5.91 Å². The second-order valence-corrected chi connectivity index (χ2v) is 7.25. The molecule has 1 aliphatic rings. The zero-order valence-corrected chi connectivity index (χ0v) is 16.3. The summed E-state index contributed by atoms with van der Waals surface area (Å²) in [6, 6.07) is 8.29. The minimum absolute atomic E-state index is 0.125. The van der Waals surface area contributed by atoms with Gasteiger partial charge in [-0.15, -0.1) is 11.7 Å². The molecule has 0 radical (unpaired) electrons. The lowest BCUT2D eigenvalue weighted by atomic mass is 9.92. The first kappa shape index (κ1) is 19.9. The lowest BCUT2D eigenvalue weighted by molar-refractivity contribution is -0.111. The van der Waals surface area contributed by atoms with Crippen molar-refractivity contribution in [3.8, 4) is 0 Å². The van der Waals surface area contributed by atoms with Crippen molar-refractivity contribution in [3.63, 3.8) is 0 Å². The van der Waals surface area contributed by atoms with Crippen LogP contribution in [0.4, 0.5) is 5.69 Å². The lowest BCUT2D eigenvalue weighted by Crippen LogP contribution is -2.34. The number of rotatable bonds is 10. The second-order valence-electron chi connectivity index (χ2n) is 7.25. The summed E-state index contributed by atoms with van der Waals surface area (Å²) in [4.78, 5) is 11.5. The molecule has 1 heterocycles. The lowest BCUT2D eigenvalue weighted by Gasteiger charge is -2.29. The average molecular weight is 380 g/mol. The number of anilines is 1. The van der Waals surface area contributed by atoms with Crippen LogP contribution in [-0.4, -0.2) is 32.2 Å². The molecule has 0 spiro atoms. The van der Waals surface area contributed by atoms with Gasteiger partial charge in [-0.05, 0) is 73.2 Å².